The van der Waals surface area contributed by atoms with Crippen LogP contribution in [0.25, 0.3) is 0 Å². The molecule has 23 heavy (non-hydrogen) atoms. The first-order chi connectivity index (χ1) is 10.9. The summed E-state index contributed by atoms with van der Waals surface area (Å²) in [5.74, 6) is -0.169. The molecular weight excluding hydrogens is 345 g/mol. The molecule has 0 bridgehead atoms. The average Bonchev–Trinajstić information content (AvgIpc) is 2.52. The van der Waals surface area contributed by atoms with Crippen molar-refractivity contribution in [2.45, 2.75) is 16.1 Å². The van der Waals surface area contributed by atoms with E-state index in [2.05, 4.69) is 10.3 Å². The number of amides is 1. The van der Waals surface area contributed by atoms with Gasteiger partial charge in [0.05, 0.1) is 16.3 Å². The number of hydrogen-bond acceptors (Lipinski definition) is 4. The van der Waals surface area contributed by atoms with Crippen LogP contribution < -0.4 is 5.32 Å². The zero-order valence-corrected chi connectivity index (χ0v) is 13.7. The molecule has 0 atom stereocenters. The van der Waals surface area contributed by atoms with E-state index >= 15 is 0 Å². The lowest BCUT2D eigenvalue weighted by molar-refractivity contribution is -0.137. The van der Waals surface area contributed by atoms with Crippen molar-refractivity contribution in [2.24, 2.45) is 0 Å². The number of thioether (sulfide) groups is 2. The first-order valence-electron chi connectivity index (χ1n) is 6.48. The molecule has 0 saturated carbocycles. The lowest BCUT2D eigenvalue weighted by Crippen LogP contribution is -2.14. The molecule has 0 fully saturated rings. The summed E-state index contributed by atoms with van der Waals surface area (Å²) < 4.78 is 37.3. The molecular formula is C15H13F3N2OS2. The van der Waals surface area contributed by atoms with Gasteiger partial charge in [-0.1, -0.05) is 17.8 Å². The molecule has 1 aromatic heterocycles. The Labute approximate surface area is 140 Å². The minimum Gasteiger partial charge on any atom is -0.325 e. The van der Waals surface area contributed by atoms with E-state index in [-0.39, 0.29) is 11.7 Å². The summed E-state index contributed by atoms with van der Waals surface area (Å²) in [5.41, 5.74) is -0.122. The van der Waals surface area contributed by atoms with Gasteiger partial charge in [0.25, 0.3) is 0 Å². The van der Waals surface area contributed by atoms with E-state index in [1.54, 1.807) is 17.8 Å². The fourth-order valence-corrected chi connectivity index (χ4v) is 2.77. The van der Waals surface area contributed by atoms with E-state index in [0.717, 1.165) is 28.9 Å². The molecule has 1 N–H and O–H groups in total. The Bertz CT molecular complexity index is 675. The van der Waals surface area contributed by atoms with Gasteiger partial charge in [0.2, 0.25) is 5.91 Å². The number of carbonyl (C=O) groups is 1. The average molecular weight is 358 g/mol. The monoisotopic (exact) mass is 358 g/mol. The van der Waals surface area contributed by atoms with Crippen LogP contribution in [0.1, 0.15) is 5.56 Å². The molecule has 0 radical (unpaired) electrons. The maximum Gasteiger partial charge on any atom is 0.417 e. The summed E-state index contributed by atoms with van der Waals surface area (Å²) in [6.45, 7) is 0. The first-order valence-corrected chi connectivity index (χ1v) is 8.69. The van der Waals surface area contributed by atoms with E-state index in [4.69, 9.17) is 0 Å². The Balaban J connectivity index is 1.89. The van der Waals surface area contributed by atoms with Crippen molar-refractivity contribution in [3.8, 4) is 0 Å². The zero-order valence-electron chi connectivity index (χ0n) is 12.1. The van der Waals surface area contributed by atoms with Crippen LogP contribution in [-0.2, 0) is 11.0 Å². The Kier molecular flexibility index (Phi) is 5.95. The van der Waals surface area contributed by atoms with Crippen molar-refractivity contribution in [3.05, 3.63) is 48.2 Å². The van der Waals surface area contributed by atoms with Crippen LogP contribution in [0.5, 0.6) is 0 Å². The largest absolute Gasteiger partial charge is 0.417 e. The van der Waals surface area contributed by atoms with Crippen LogP contribution >= 0.6 is 23.5 Å². The molecule has 0 aliphatic rings. The number of carbonyl (C=O) groups excluding carboxylic acids is 1. The number of anilines is 1. The number of halogens is 3. The SMILES string of the molecule is CSc1cccc(NC(=O)CSc2ccc(C(F)(F)F)cn2)c1. The van der Waals surface area contributed by atoms with Gasteiger partial charge in [-0.15, -0.1) is 11.8 Å². The molecule has 1 aromatic carbocycles. The number of hydrogen-bond donors (Lipinski definition) is 1. The summed E-state index contributed by atoms with van der Waals surface area (Å²) >= 11 is 2.65. The number of aromatic nitrogens is 1. The van der Waals surface area contributed by atoms with Gasteiger partial charge in [0.15, 0.2) is 0 Å². The van der Waals surface area contributed by atoms with E-state index in [9.17, 15) is 18.0 Å². The second-order valence-electron chi connectivity index (χ2n) is 4.45. The second kappa shape index (κ2) is 7.74. The summed E-state index contributed by atoms with van der Waals surface area (Å²) in [6.07, 6.45) is -1.70. The standard InChI is InChI=1S/C15H13F3N2OS2/c1-22-12-4-2-3-11(7-12)20-13(21)9-23-14-6-5-10(8-19-14)15(16,17)18/h2-8H,9H2,1H3,(H,20,21). The summed E-state index contributed by atoms with van der Waals surface area (Å²) in [4.78, 5) is 16.6. The number of pyridine rings is 1. The van der Waals surface area contributed by atoms with Gasteiger partial charge in [-0.05, 0) is 36.6 Å². The molecule has 0 spiro atoms. The van der Waals surface area contributed by atoms with Crippen molar-refractivity contribution in [1.82, 2.24) is 4.98 Å². The zero-order chi connectivity index (χ0) is 16.9. The Morgan fingerprint density at radius 1 is 1.26 bits per heavy atom. The van der Waals surface area contributed by atoms with E-state index in [1.165, 1.54) is 6.07 Å². The summed E-state index contributed by atoms with van der Waals surface area (Å²) in [7, 11) is 0. The topological polar surface area (TPSA) is 42.0 Å². The molecule has 2 rings (SSSR count). The molecule has 1 heterocycles. The maximum atomic E-state index is 12.4. The Morgan fingerprint density at radius 2 is 2.04 bits per heavy atom. The summed E-state index contributed by atoms with van der Waals surface area (Å²) in [5, 5.41) is 3.11. The highest BCUT2D eigenvalue weighted by Gasteiger charge is 2.30. The lowest BCUT2D eigenvalue weighted by atomic mass is 10.3. The second-order valence-corrected chi connectivity index (χ2v) is 6.33. The molecule has 0 saturated heterocycles. The van der Waals surface area contributed by atoms with Crippen molar-refractivity contribution >= 4 is 35.1 Å². The smallest absolute Gasteiger partial charge is 0.325 e. The molecule has 122 valence electrons. The van der Waals surface area contributed by atoms with Gasteiger partial charge in [-0.3, -0.25) is 4.79 Å². The van der Waals surface area contributed by atoms with Gasteiger partial charge < -0.3 is 5.32 Å². The Hall–Kier alpha value is -1.67. The number of nitrogens with zero attached hydrogens (tertiary/aromatic N) is 1. The molecule has 0 unspecified atom stereocenters. The third-order valence-electron chi connectivity index (χ3n) is 2.77. The normalized spacial score (nSPS) is 11.3. The molecule has 3 nitrogen and oxygen atoms in total. The maximum absolute atomic E-state index is 12.4. The quantitative estimate of drug-likeness (QED) is 0.796. The lowest BCUT2D eigenvalue weighted by Gasteiger charge is -2.08. The van der Waals surface area contributed by atoms with Crippen molar-refractivity contribution < 1.29 is 18.0 Å². The van der Waals surface area contributed by atoms with Gasteiger partial charge in [0, 0.05) is 16.8 Å². The van der Waals surface area contributed by atoms with E-state index in [0.29, 0.717) is 10.7 Å². The first kappa shape index (κ1) is 17.7. The van der Waals surface area contributed by atoms with Crippen LogP contribution in [-0.4, -0.2) is 22.9 Å². The highest BCUT2D eigenvalue weighted by molar-refractivity contribution is 8.00. The van der Waals surface area contributed by atoms with E-state index in [1.807, 2.05) is 24.5 Å². The van der Waals surface area contributed by atoms with Crippen LogP contribution in [0.4, 0.5) is 18.9 Å². The third kappa shape index (κ3) is 5.47. The molecule has 0 aliphatic carbocycles. The molecule has 8 heteroatoms. The minimum atomic E-state index is -4.41. The number of rotatable bonds is 5. The fourth-order valence-electron chi connectivity index (χ4n) is 1.67. The van der Waals surface area contributed by atoms with Crippen molar-refractivity contribution in [1.29, 1.82) is 0 Å². The fraction of sp³-hybridized carbons (Fsp3) is 0.200. The summed E-state index contributed by atoms with van der Waals surface area (Å²) in [6, 6.07) is 9.61. The van der Waals surface area contributed by atoms with Gasteiger partial charge >= 0.3 is 6.18 Å². The van der Waals surface area contributed by atoms with Gasteiger partial charge in [-0.2, -0.15) is 13.2 Å². The highest BCUT2D eigenvalue weighted by Crippen LogP contribution is 2.29. The minimum absolute atomic E-state index is 0.0713. The van der Waals surface area contributed by atoms with Gasteiger partial charge in [0.1, 0.15) is 0 Å². The van der Waals surface area contributed by atoms with Crippen LogP contribution in [0, 0.1) is 0 Å². The molecule has 1 amide bonds. The molecule has 2 aromatic rings. The highest BCUT2D eigenvalue weighted by atomic mass is 32.2. The van der Waals surface area contributed by atoms with Crippen molar-refractivity contribution in [2.75, 3.05) is 17.3 Å². The molecule has 0 aliphatic heterocycles. The number of nitrogens with one attached hydrogen (secondary N) is 1. The van der Waals surface area contributed by atoms with Crippen LogP contribution in [0.2, 0.25) is 0 Å². The number of alkyl halides is 3. The van der Waals surface area contributed by atoms with Gasteiger partial charge in [-0.25, -0.2) is 4.98 Å². The number of benzene rings is 1. The predicted molar refractivity (Wildman–Crippen MR) is 86.8 cm³/mol. The van der Waals surface area contributed by atoms with E-state index < -0.39 is 11.7 Å². The van der Waals surface area contributed by atoms with Crippen LogP contribution in [0.3, 0.4) is 0 Å². The Morgan fingerprint density at radius 3 is 2.65 bits per heavy atom. The third-order valence-corrected chi connectivity index (χ3v) is 4.44. The van der Waals surface area contributed by atoms with Crippen LogP contribution in [0.15, 0.2) is 52.5 Å². The predicted octanol–water partition coefficient (Wildman–Crippen LogP) is 4.55. The van der Waals surface area contributed by atoms with Crippen molar-refractivity contribution in [3.63, 3.8) is 0 Å².